The van der Waals surface area contributed by atoms with E-state index in [0.717, 1.165) is 17.2 Å². The van der Waals surface area contributed by atoms with Gasteiger partial charge < -0.3 is 5.11 Å². The van der Waals surface area contributed by atoms with E-state index in [9.17, 15) is 23.1 Å². The molecule has 0 unspecified atom stereocenters. The fourth-order valence-corrected chi connectivity index (χ4v) is 3.96. The smallest absolute Gasteiger partial charge is 0.416 e. The zero-order chi connectivity index (χ0) is 23.3. The summed E-state index contributed by atoms with van der Waals surface area (Å²) in [5.41, 5.74) is 1.47. The molecule has 2 aromatic carbocycles. The molecule has 164 valence electrons. The predicted octanol–water partition coefficient (Wildman–Crippen LogP) is 5.63. The number of hydrogen-bond acceptors (Lipinski definition) is 4. The molecule has 0 fully saturated rings. The maximum atomic E-state index is 13.6. The highest BCUT2D eigenvalue weighted by Gasteiger charge is 2.32. The zero-order valence-corrected chi connectivity index (χ0v) is 17.3. The molecule has 5 aromatic rings. The van der Waals surface area contributed by atoms with E-state index in [1.807, 2.05) is 12.1 Å². The lowest BCUT2D eigenvalue weighted by atomic mass is 10.0. The number of aromatic hydroxyl groups is 1. The Labute approximate surface area is 185 Å². The van der Waals surface area contributed by atoms with E-state index >= 15 is 0 Å². The number of fused-ring (bicyclic) bond motifs is 3. The Morgan fingerprint density at radius 3 is 2.39 bits per heavy atom. The van der Waals surface area contributed by atoms with Gasteiger partial charge in [0.05, 0.1) is 16.6 Å². The molecule has 0 atom stereocenters. The first-order chi connectivity index (χ1) is 15.7. The molecule has 0 radical (unpaired) electrons. The second-order valence-electron chi connectivity index (χ2n) is 7.70. The first kappa shape index (κ1) is 20.7. The summed E-state index contributed by atoms with van der Waals surface area (Å²) in [6, 6.07) is 15.4. The van der Waals surface area contributed by atoms with E-state index in [2.05, 4.69) is 9.97 Å². The van der Waals surface area contributed by atoms with Crippen LogP contribution in [-0.2, 0) is 6.18 Å². The molecule has 3 heterocycles. The molecule has 0 amide bonds. The summed E-state index contributed by atoms with van der Waals surface area (Å²) < 4.78 is 42.0. The minimum Gasteiger partial charge on any atom is -0.493 e. The summed E-state index contributed by atoms with van der Waals surface area (Å²) in [4.78, 5) is 21.3. The largest absolute Gasteiger partial charge is 0.493 e. The Morgan fingerprint density at radius 2 is 1.67 bits per heavy atom. The van der Waals surface area contributed by atoms with Crippen LogP contribution in [0.5, 0.6) is 5.88 Å². The highest BCUT2D eigenvalue weighted by molar-refractivity contribution is 6.05. The number of benzene rings is 2. The molecule has 0 bridgehead atoms. The minimum atomic E-state index is -4.54. The molecular formula is C25H16F3N3O2. The Morgan fingerprint density at radius 1 is 0.879 bits per heavy atom. The van der Waals surface area contributed by atoms with E-state index in [1.165, 1.54) is 42.0 Å². The number of halogens is 3. The Balaban J connectivity index is 1.84. The lowest BCUT2D eigenvalue weighted by Crippen LogP contribution is -2.19. The van der Waals surface area contributed by atoms with Gasteiger partial charge in [0.2, 0.25) is 5.88 Å². The molecule has 0 spiro atoms. The summed E-state index contributed by atoms with van der Waals surface area (Å²) in [6.45, 7) is 1.38. The van der Waals surface area contributed by atoms with Gasteiger partial charge in [-0.1, -0.05) is 12.1 Å². The van der Waals surface area contributed by atoms with E-state index in [0.29, 0.717) is 21.8 Å². The van der Waals surface area contributed by atoms with Crippen LogP contribution in [0.3, 0.4) is 0 Å². The Kier molecular flexibility index (Phi) is 4.67. The highest BCUT2D eigenvalue weighted by atomic mass is 19.4. The maximum absolute atomic E-state index is 13.6. The quantitative estimate of drug-likeness (QED) is 0.356. The fraction of sp³-hybridized carbons (Fsp3) is 0.0800. The molecule has 5 rings (SSSR count). The molecule has 0 saturated carbocycles. The van der Waals surface area contributed by atoms with Crippen molar-refractivity contribution in [2.45, 2.75) is 13.1 Å². The molecule has 0 saturated heterocycles. The highest BCUT2D eigenvalue weighted by Crippen LogP contribution is 2.34. The van der Waals surface area contributed by atoms with Gasteiger partial charge in [-0.2, -0.15) is 13.2 Å². The summed E-state index contributed by atoms with van der Waals surface area (Å²) in [6.07, 6.45) is -1.44. The lowest BCUT2D eigenvalue weighted by molar-refractivity contribution is -0.138. The van der Waals surface area contributed by atoms with Gasteiger partial charge in [0.15, 0.2) is 0 Å². The van der Waals surface area contributed by atoms with Crippen LogP contribution in [0.15, 0.2) is 77.9 Å². The first-order valence-corrected chi connectivity index (χ1v) is 10.0. The molecule has 0 aliphatic carbocycles. The van der Waals surface area contributed by atoms with Crippen molar-refractivity contribution >= 4 is 21.8 Å². The summed E-state index contributed by atoms with van der Waals surface area (Å²) >= 11 is 0. The van der Waals surface area contributed by atoms with Crippen molar-refractivity contribution < 1.29 is 18.3 Å². The molecule has 0 aliphatic heterocycles. The van der Waals surface area contributed by atoms with Gasteiger partial charge >= 0.3 is 6.18 Å². The van der Waals surface area contributed by atoms with E-state index in [4.69, 9.17) is 0 Å². The number of hydrogen-bond donors (Lipinski definition) is 1. The number of aryl methyl sites for hydroxylation is 1. The molecule has 5 nitrogen and oxygen atoms in total. The number of pyridine rings is 3. The van der Waals surface area contributed by atoms with Crippen LogP contribution in [0.1, 0.15) is 11.1 Å². The summed E-state index contributed by atoms with van der Waals surface area (Å²) in [7, 11) is 0. The topological polar surface area (TPSA) is 68.0 Å². The molecule has 3 aromatic heterocycles. The van der Waals surface area contributed by atoms with Crippen molar-refractivity contribution in [1.29, 1.82) is 0 Å². The zero-order valence-electron chi connectivity index (χ0n) is 17.3. The van der Waals surface area contributed by atoms with Crippen LogP contribution in [0.4, 0.5) is 13.2 Å². The predicted molar refractivity (Wildman–Crippen MR) is 119 cm³/mol. The van der Waals surface area contributed by atoms with Crippen LogP contribution in [-0.4, -0.2) is 19.6 Å². The van der Waals surface area contributed by atoms with Gasteiger partial charge in [-0.3, -0.25) is 14.3 Å². The van der Waals surface area contributed by atoms with Gasteiger partial charge in [-0.05, 0) is 54.4 Å². The Bertz CT molecular complexity index is 1590. The standard InChI is InChI=1S/C25H16F3N3O2/c1-14-2-6-18(11-20(14)25(26,27)28)31-23(33)9-5-17-13-29-21-7-3-15(10-19(21)24(17)31)16-4-8-22(32)30-12-16/h2-13H,1H3,(H,30,32). The van der Waals surface area contributed by atoms with Crippen molar-refractivity contribution in [3.63, 3.8) is 0 Å². The third-order valence-corrected chi connectivity index (χ3v) is 5.58. The van der Waals surface area contributed by atoms with Crippen molar-refractivity contribution in [2.24, 2.45) is 0 Å². The summed E-state index contributed by atoms with van der Waals surface area (Å²) in [5.74, 6) is -0.111. The van der Waals surface area contributed by atoms with Crippen LogP contribution in [0.2, 0.25) is 0 Å². The van der Waals surface area contributed by atoms with Crippen molar-refractivity contribution in [3.05, 3.63) is 94.5 Å². The monoisotopic (exact) mass is 447 g/mol. The summed E-state index contributed by atoms with van der Waals surface area (Å²) in [5, 5.41) is 10.7. The molecule has 8 heteroatoms. The van der Waals surface area contributed by atoms with Crippen LogP contribution in [0, 0.1) is 6.92 Å². The third-order valence-electron chi connectivity index (χ3n) is 5.58. The van der Waals surface area contributed by atoms with E-state index in [-0.39, 0.29) is 17.1 Å². The van der Waals surface area contributed by atoms with Gasteiger partial charge in [0, 0.05) is 46.5 Å². The average Bonchev–Trinajstić information content (AvgIpc) is 2.79. The SMILES string of the molecule is Cc1ccc(-n2c(=O)ccc3cnc4ccc(-c5ccc(O)nc5)cc4c32)cc1C(F)(F)F. The third kappa shape index (κ3) is 3.59. The van der Waals surface area contributed by atoms with E-state index in [1.54, 1.807) is 24.4 Å². The van der Waals surface area contributed by atoms with Crippen LogP contribution < -0.4 is 5.56 Å². The van der Waals surface area contributed by atoms with E-state index < -0.39 is 17.3 Å². The van der Waals surface area contributed by atoms with Crippen molar-refractivity contribution in [3.8, 4) is 22.7 Å². The molecular weight excluding hydrogens is 431 g/mol. The normalized spacial score (nSPS) is 11.9. The lowest BCUT2D eigenvalue weighted by Gasteiger charge is -2.16. The first-order valence-electron chi connectivity index (χ1n) is 10.0. The number of alkyl halides is 3. The number of aromatic nitrogens is 3. The number of nitrogens with zero attached hydrogens (tertiary/aromatic N) is 3. The second kappa shape index (κ2) is 7.44. The minimum absolute atomic E-state index is 0.0770. The second-order valence-corrected chi connectivity index (χ2v) is 7.70. The van der Waals surface area contributed by atoms with Gasteiger partial charge in [0.25, 0.3) is 5.56 Å². The average molecular weight is 447 g/mol. The van der Waals surface area contributed by atoms with Crippen molar-refractivity contribution in [1.82, 2.24) is 14.5 Å². The fourth-order valence-electron chi connectivity index (χ4n) is 3.96. The molecule has 33 heavy (non-hydrogen) atoms. The van der Waals surface area contributed by atoms with Gasteiger partial charge in [-0.25, -0.2) is 4.98 Å². The van der Waals surface area contributed by atoms with Gasteiger partial charge in [-0.15, -0.1) is 0 Å². The maximum Gasteiger partial charge on any atom is 0.416 e. The molecule has 1 N–H and O–H groups in total. The Hall–Kier alpha value is -4.20. The van der Waals surface area contributed by atoms with Crippen LogP contribution >= 0.6 is 0 Å². The van der Waals surface area contributed by atoms with Gasteiger partial charge in [0.1, 0.15) is 0 Å². The molecule has 0 aliphatic rings. The van der Waals surface area contributed by atoms with Crippen molar-refractivity contribution in [2.75, 3.05) is 0 Å². The van der Waals surface area contributed by atoms with Crippen LogP contribution in [0.25, 0.3) is 38.6 Å². The number of rotatable bonds is 2.